The predicted octanol–water partition coefficient (Wildman–Crippen LogP) is 2.84. The van der Waals surface area contributed by atoms with Crippen LogP contribution in [-0.2, 0) is 10.2 Å². The molecule has 0 spiro atoms. The highest BCUT2D eigenvalue weighted by Crippen LogP contribution is 2.25. The van der Waals surface area contributed by atoms with Crippen molar-refractivity contribution in [3.8, 4) is 5.75 Å². The van der Waals surface area contributed by atoms with E-state index in [4.69, 9.17) is 9.84 Å². The van der Waals surface area contributed by atoms with Gasteiger partial charge in [0.25, 0.3) is 0 Å². The van der Waals surface area contributed by atoms with Crippen LogP contribution in [0, 0.1) is 0 Å². The number of hydrogen-bond acceptors (Lipinski definition) is 2. The topological polar surface area (TPSA) is 46.5 Å². The Morgan fingerprint density at radius 2 is 1.88 bits per heavy atom. The van der Waals surface area contributed by atoms with E-state index in [9.17, 15) is 4.79 Å². The molecule has 0 aliphatic carbocycles. The van der Waals surface area contributed by atoms with Crippen LogP contribution in [0.1, 0.15) is 32.8 Å². The maximum Gasteiger partial charge on any atom is 0.313 e. The molecule has 0 aromatic heterocycles. The van der Waals surface area contributed by atoms with Gasteiger partial charge in [0, 0.05) is 0 Å². The van der Waals surface area contributed by atoms with E-state index in [1.807, 2.05) is 19.1 Å². The molecule has 0 atom stereocenters. The lowest BCUT2D eigenvalue weighted by Crippen LogP contribution is -2.28. The Hall–Kier alpha value is -1.51. The van der Waals surface area contributed by atoms with Gasteiger partial charge < -0.3 is 9.84 Å². The van der Waals surface area contributed by atoms with Crippen molar-refractivity contribution in [2.45, 2.75) is 32.6 Å². The number of benzene rings is 1. The SMILES string of the molecule is CCCOc1ccc(C(C)(C)C(=O)O)cc1. The molecule has 0 aliphatic rings. The lowest BCUT2D eigenvalue weighted by Gasteiger charge is -2.19. The molecule has 3 heteroatoms. The van der Waals surface area contributed by atoms with E-state index >= 15 is 0 Å². The molecule has 1 rings (SSSR count). The number of carboxylic acids is 1. The number of ether oxygens (including phenoxy) is 1. The Morgan fingerprint density at radius 3 is 2.31 bits per heavy atom. The molecule has 1 aromatic carbocycles. The maximum absolute atomic E-state index is 11.0. The monoisotopic (exact) mass is 222 g/mol. The highest BCUT2D eigenvalue weighted by atomic mass is 16.5. The summed E-state index contributed by atoms with van der Waals surface area (Å²) in [4.78, 5) is 11.0. The van der Waals surface area contributed by atoms with Crippen molar-refractivity contribution in [2.75, 3.05) is 6.61 Å². The van der Waals surface area contributed by atoms with Crippen molar-refractivity contribution >= 4 is 5.97 Å². The number of carboxylic acid groups (broad SMARTS) is 1. The zero-order chi connectivity index (χ0) is 12.2. The van der Waals surface area contributed by atoms with Crippen LogP contribution in [0.5, 0.6) is 5.75 Å². The van der Waals surface area contributed by atoms with Gasteiger partial charge in [-0.25, -0.2) is 0 Å². The molecule has 0 unspecified atom stereocenters. The third kappa shape index (κ3) is 2.75. The fraction of sp³-hybridized carbons (Fsp3) is 0.462. The van der Waals surface area contributed by atoms with E-state index in [0.717, 1.165) is 17.7 Å². The first-order valence-corrected chi connectivity index (χ1v) is 5.45. The van der Waals surface area contributed by atoms with Crippen molar-refractivity contribution < 1.29 is 14.6 Å². The lowest BCUT2D eigenvalue weighted by atomic mass is 9.85. The van der Waals surface area contributed by atoms with E-state index in [0.29, 0.717) is 6.61 Å². The van der Waals surface area contributed by atoms with E-state index in [1.54, 1.807) is 26.0 Å². The van der Waals surface area contributed by atoms with Crippen molar-refractivity contribution in [3.63, 3.8) is 0 Å². The van der Waals surface area contributed by atoms with Gasteiger partial charge in [0.05, 0.1) is 12.0 Å². The van der Waals surface area contributed by atoms with Crippen LogP contribution < -0.4 is 4.74 Å². The molecule has 0 radical (unpaired) electrons. The van der Waals surface area contributed by atoms with Crippen LogP contribution in [0.4, 0.5) is 0 Å². The molecular weight excluding hydrogens is 204 g/mol. The van der Waals surface area contributed by atoms with Crippen LogP contribution in [-0.4, -0.2) is 17.7 Å². The van der Waals surface area contributed by atoms with Crippen LogP contribution in [0.15, 0.2) is 24.3 Å². The van der Waals surface area contributed by atoms with Gasteiger partial charge in [-0.2, -0.15) is 0 Å². The van der Waals surface area contributed by atoms with Crippen LogP contribution in [0.2, 0.25) is 0 Å². The zero-order valence-electron chi connectivity index (χ0n) is 9.99. The number of carbonyl (C=O) groups is 1. The summed E-state index contributed by atoms with van der Waals surface area (Å²) in [6.07, 6.45) is 0.961. The van der Waals surface area contributed by atoms with Gasteiger partial charge in [0.1, 0.15) is 5.75 Å². The molecule has 1 N–H and O–H groups in total. The van der Waals surface area contributed by atoms with Gasteiger partial charge >= 0.3 is 5.97 Å². The van der Waals surface area contributed by atoms with E-state index in [-0.39, 0.29) is 0 Å². The van der Waals surface area contributed by atoms with Gasteiger partial charge in [-0.15, -0.1) is 0 Å². The summed E-state index contributed by atoms with van der Waals surface area (Å²) < 4.78 is 5.44. The van der Waals surface area contributed by atoms with Crippen molar-refractivity contribution in [1.82, 2.24) is 0 Å². The van der Waals surface area contributed by atoms with Gasteiger partial charge in [0.15, 0.2) is 0 Å². The average Bonchev–Trinajstić information content (AvgIpc) is 2.26. The molecule has 1 aromatic rings. The quantitative estimate of drug-likeness (QED) is 0.833. The van der Waals surface area contributed by atoms with Gasteiger partial charge in [-0.3, -0.25) is 4.79 Å². The molecule has 0 heterocycles. The normalized spacial score (nSPS) is 11.2. The Morgan fingerprint density at radius 1 is 1.31 bits per heavy atom. The summed E-state index contributed by atoms with van der Waals surface area (Å²) >= 11 is 0. The molecule has 0 fully saturated rings. The highest BCUT2D eigenvalue weighted by molar-refractivity contribution is 5.80. The van der Waals surface area contributed by atoms with Crippen LogP contribution in [0.25, 0.3) is 0 Å². The highest BCUT2D eigenvalue weighted by Gasteiger charge is 2.29. The largest absolute Gasteiger partial charge is 0.494 e. The second-order valence-electron chi connectivity index (χ2n) is 4.30. The number of rotatable bonds is 5. The molecule has 16 heavy (non-hydrogen) atoms. The van der Waals surface area contributed by atoms with Gasteiger partial charge in [-0.1, -0.05) is 19.1 Å². The third-order valence-corrected chi connectivity index (χ3v) is 2.58. The molecule has 3 nitrogen and oxygen atoms in total. The first-order chi connectivity index (χ1) is 7.48. The summed E-state index contributed by atoms with van der Waals surface area (Å²) in [5.41, 5.74) is -0.0765. The maximum atomic E-state index is 11.0. The second-order valence-corrected chi connectivity index (χ2v) is 4.30. The molecule has 0 aliphatic heterocycles. The average molecular weight is 222 g/mol. The van der Waals surface area contributed by atoms with Gasteiger partial charge in [0.2, 0.25) is 0 Å². The fourth-order valence-electron chi connectivity index (χ4n) is 1.31. The summed E-state index contributed by atoms with van der Waals surface area (Å²) in [7, 11) is 0. The molecule has 0 saturated carbocycles. The van der Waals surface area contributed by atoms with Crippen LogP contribution >= 0.6 is 0 Å². The van der Waals surface area contributed by atoms with Crippen molar-refractivity contribution in [1.29, 1.82) is 0 Å². The molecule has 0 saturated heterocycles. The molecule has 0 amide bonds. The fourth-order valence-corrected chi connectivity index (χ4v) is 1.31. The number of aliphatic carboxylic acids is 1. The van der Waals surface area contributed by atoms with Crippen LogP contribution in [0.3, 0.4) is 0 Å². The first kappa shape index (κ1) is 12.6. The first-order valence-electron chi connectivity index (χ1n) is 5.45. The second kappa shape index (κ2) is 5.01. The minimum Gasteiger partial charge on any atom is -0.494 e. The Balaban J connectivity index is 2.82. The minimum absolute atomic E-state index is 0.682. The van der Waals surface area contributed by atoms with Crippen molar-refractivity contribution in [2.24, 2.45) is 0 Å². The molecule has 0 bridgehead atoms. The summed E-state index contributed by atoms with van der Waals surface area (Å²) in [6.45, 7) is 6.11. The summed E-state index contributed by atoms with van der Waals surface area (Å²) in [5.74, 6) is -0.0403. The third-order valence-electron chi connectivity index (χ3n) is 2.58. The van der Waals surface area contributed by atoms with Crippen molar-refractivity contribution in [3.05, 3.63) is 29.8 Å². The Labute approximate surface area is 96.1 Å². The van der Waals surface area contributed by atoms with E-state index in [1.165, 1.54) is 0 Å². The lowest BCUT2D eigenvalue weighted by molar-refractivity contribution is -0.142. The van der Waals surface area contributed by atoms with E-state index < -0.39 is 11.4 Å². The summed E-state index contributed by atoms with van der Waals surface area (Å²) in [6, 6.07) is 7.24. The molecular formula is C13H18O3. The summed E-state index contributed by atoms with van der Waals surface area (Å²) in [5, 5.41) is 9.07. The van der Waals surface area contributed by atoms with E-state index in [2.05, 4.69) is 0 Å². The Kier molecular flexibility index (Phi) is 3.93. The minimum atomic E-state index is -0.858. The smallest absolute Gasteiger partial charge is 0.313 e. The zero-order valence-corrected chi connectivity index (χ0v) is 9.99. The predicted molar refractivity (Wildman–Crippen MR) is 62.9 cm³/mol. The standard InChI is InChI=1S/C13H18O3/c1-4-9-16-11-7-5-10(6-8-11)13(2,3)12(14)15/h5-8H,4,9H2,1-3H3,(H,14,15). The Bertz CT molecular complexity index is 352. The molecule has 88 valence electrons. The van der Waals surface area contributed by atoms with Gasteiger partial charge in [-0.05, 0) is 38.0 Å². The number of hydrogen-bond donors (Lipinski definition) is 1.